The molecule has 2 rings (SSSR count). The Morgan fingerprint density at radius 3 is 2.33 bits per heavy atom. The minimum absolute atomic E-state index is 0.149. The molecule has 0 spiro atoms. The molecule has 4 heteroatoms. The molecular weight excluding hydrogens is 267 g/mol. The molecule has 21 heavy (non-hydrogen) atoms. The molecule has 2 unspecified atom stereocenters. The fraction of sp³-hybridized carbons (Fsp3) is 0.588. The fourth-order valence-corrected chi connectivity index (χ4v) is 2.67. The van der Waals surface area contributed by atoms with Crippen LogP contribution in [0, 0.1) is 17.7 Å². The zero-order chi connectivity index (χ0) is 15.6. The molecule has 1 saturated heterocycles. The summed E-state index contributed by atoms with van der Waals surface area (Å²) in [5, 5.41) is 3.40. The van der Waals surface area contributed by atoms with Crippen molar-refractivity contribution < 1.29 is 9.18 Å². The predicted octanol–water partition coefficient (Wildman–Crippen LogP) is 3.33. The third-order valence-corrected chi connectivity index (χ3v) is 4.00. The standard InChI is InChI=1S/C17H25FN2O/c1-11(2)9-10-20-16(13-5-7-14(18)8-6-13)19-15(12(3)4)17(20)21/h5-8,11-12,15-16,19H,9-10H2,1-4H3. The molecule has 1 aromatic rings. The van der Waals surface area contributed by atoms with Gasteiger partial charge in [0.2, 0.25) is 5.91 Å². The predicted molar refractivity (Wildman–Crippen MR) is 82.1 cm³/mol. The third kappa shape index (κ3) is 3.62. The molecule has 1 heterocycles. The van der Waals surface area contributed by atoms with Gasteiger partial charge < -0.3 is 4.90 Å². The van der Waals surface area contributed by atoms with Crippen LogP contribution < -0.4 is 5.32 Å². The number of hydrogen-bond donors (Lipinski definition) is 1. The van der Waals surface area contributed by atoms with Crippen molar-refractivity contribution in [2.45, 2.75) is 46.3 Å². The van der Waals surface area contributed by atoms with Crippen LogP contribution in [0.5, 0.6) is 0 Å². The van der Waals surface area contributed by atoms with Crippen molar-refractivity contribution in [3.05, 3.63) is 35.6 Å². The number of nitrogens with zero attached hydrogens (tertiary/aromatic N) is 1. The largest absolute Gasteiger partial charge is 0.322 e. The van der Waals surface area contributed by atoms with Gasteiger partial charge in [-0.15, -0.1) is 0 Å². The third-order valence-electron chi connectivity index (χ3n) is 4.00. The molecule has 0 aromatic heterocycles. The van der Waals surface area contributed by atoms with Crippen LogP contribution >= 0.6 is 0 Å². The van der Waals surface area contributed by atoms with Crippen molar-refractivity contribution in [2.24, 2.45) is 11.8 Å². The highest BCUT2D eigenvalue weighted by atomic mass is 19.1. The lowest BCUT2D eigenvalue weighted by Crippen LogP contribution is -2.35. The number of nitrogens with one attached hydrogen (secondary N) is 1. The number of rotatable bonds is 5. The Balaban J connectivity index is 2.22. The van der Waals surface area contributed by atoms with E-state index in [0.717, 1.165) is 18.5 Å². The first kappa shape index (κ1) is 16.0. The Labute approximate surface area is 126 Å². The first-order valence-electron chi connectivity index (χ1n) is 7.72. The highest BCUT2D eigenvalue weighted by molar-refractivity contribution is 5.84. The highest BCUT2D eigenvalue weighted by Gasteiger charge is 2.40. The van der Waals surface area contributed by atoms with Gasteiger partial charge in [-0.1, -0.05) is 39.8 Å². The molecule has 2 atom stereocenters. The molecular formula is C17H25FN2O. The van der Waals surface area contributed by atoms with Gasteiger partial charge in [0.15, 0.2) is 0 Å². The average molecular weight is 292 g/mol. The smallest absolute Gasteiger partial charge is 0.241 e. The highest BCUT2D eigenvalue weighted by Crippen LogP contribution is 2.28. The van der Waals surface area contributed by atoms with Gasteiger partial charge >= 0.3 is 0 Å². The number of halogens is 1. The topological polar surface area (TPSA) is 32.3 Å². The molecule has 0 saturated carbocycles. The van der Waals surface area contributed by atoms with Gasteiger partial charge in [0.1, 0.15) is 12.0 Å². The van der Waals surface area contributed by atoms with Crippen LogP contribution in [-0.2, 0) is 4.79 Å². The zero-order valence-electron chi connectivity index (χ0n) is 13.3. The maximum absolute atomic E-state index is 13.1. The van der Waals surface area contributed by atoms with Gasteiger partial charge in [0, 0.05) is 6.54 Å². The number of hydrogen-bond acceptors (Lipinski definition) is 2. The molecule has 3 nitrogen and oxygen atoms in total. The lowest BCUT2D eigenvalue weighted by atomic mass is 10.0. The summed E-state index contributed by atoms with van der Waals surface area (Å²) in [6.45, 7) is 9.13. The van der Waals surface area contributed by atoms with E-state index in [9.17, 15) is 9.18 Å². The van der Waals surface area contributed by atoms with E-state index in [4.69, 9.17) is 0 Å². The Bertz CT molecular complexity index is 484. The summed E-state index contributed by atoms with van der Waals surface area (Å²) in [5.41, 5.74) is 0.941. The number of benzene rings is 1. The summed E-state index contributed by atoms with van der Waals surface area (Å²) in [6, 6.07) is 6.25. The molecule has 0 radical (unpaired) electrons. The lowest BCUT2D eigenvalue weighted by molar-refractivity contribution is -0.131. The number of carbonyl (C=O) groups excluding carboxylic acids is 1. The van der Waals surface area contributed by atoms with Crippen molar-refractivity contribution in [1.29, 1.82) is 0 Å². The van der Waals surface area contributed by atoms with E-state index in [1.54, 1.807) is 12.1 Å². The molecule has 1 aliphatic rings. The Morgan fingerprint density at radius 2 is 1.81 bits per heavy atom. The molecule has 0 bridgehead atoms. The van der Waals surface area contributed by atoms with E-state index < -0.39 is 0 Å². The molecule has 1 aromatic carbocycles. The molecule has 1 amide bonds. The van der Waals surface area contributed by atoms with Crippen LogP contribution in [0.2, 0.25) is 0 Å². The summed E-state index contributed by atoms with van der Waals surface area (Å²) >= 11 is 0. The molecule has 0 aliphatic carbocycles. The van der Waals surface area contributed by atoms with E-state index in [1.165, 1.54) is 12.1 Å². The first-order chi connectivity index (χ1) is 9.90. The molecule has 1 aliphatic heterocycles. The maximum atomic E-state index is 13.1. The maximum Gasteiger partial charge on any atom is 0.241 e. The van der Waals surface area contributed by atoms with Crippen LogP contribution in [0.3, 0.4) is 0 Å². The normalized spacial score (nSPS) is 22.6. The fourth-order valence-electron chi connectivity index (χ4n) is 2.67. The van der Waals surface area contributed by atoms with E-state index in [1.807, 2.05) is 18.7 Å². The van der Waals surface area contributed by atoms with Crippen LogP contribution in [0.25, 0.3) is 0 Å². The first-order valence-corrected chi connectivity index (χ1v) is 7.72. The van der Waals surface area contributed by atoms with Crippen LogP contribution in [0.15, 0.2) is 24.3 Å². The molecule has 1 N–H and O–H groups in total. The van der Waals surface area contributed by atoms with Gasteiger partial charge in [-0.05, 0) is 36.0 Å². The van der Waals surface area contributed by atoms with Crippen molar-refractivity contribution in [2.75, 3.05) is 6.54 Å². The number of amides is 1. The summed E-state index contributed by atoms with van der Waals surface area (Å²) in [5.74, 6) is 0.687. The minimum Gasteiger partial charge on any atom is -0.322 e. The van der Waals surface area contributed by atoms with Gasteiger partial charge in [-0.25, -0.2) is 4.39 Å². The van der Waals surface area contributed by atoms with Gasteiger partial charge in [0.25, 0.3) is 0 Å². The van der Waals surface area contributed by atoms with Crippen molar-refractivity contribution in [1.82, 2.24) is 10.2 Å². The van der Waals surface area contributed by atoms with Gasteiger partial charge in [-0.3, -0.25) is 10.1 Å². The zero-order valence-corrected chi connectivity index (χ0v) is 13.3. The summed E-state index contributed by atoms with van der Waals surface area (Å²) in [4.78, 5) is 14.5. The van der Waals surface area contributed by atoms with Crippen molar-refractivity contribution in [3.8, 4) is 0 Å². The quantitative estimate of drug-likeness (QED) is 0.903. The lowest BCUT2D eigenvalue weighted by Gasteiger charge is -2.25. The monoisotopic (exact) mass is 292 g/mol. The SMILES string of the molecule is CC(C)CCN1C(=O)C(C(C)C)NC1c1ccc(F)cc1. The Kier molecular flexibility index (Phi) is 4.99. The van der Waals surface area contributed by atoms with Crippen LogP contribution in [-0.4, -0.2) is 23.4 Å². The second-order valence-electron chi connectivity index (χ2n) is 6.56. The number of carbonyl (C=O) groups is 1. The van der Waals surface area contributed by atoms with Gasteiger partial charge in [-0.2, -0.15) is 0 Å². The van der Waals surface area contributed by atoms with E-state index in [2.05, 4.69) is 19.2 Å². The summed E-state index contributed by atoms with van der Waals surface area (Å²) < 4.78 is 13.1. The molecule has 116 valence electrons. The molecule has 1 fully saturated rings. The van der Waals surface area contributed by atoms with E-state index >= 15 is 0 Å². The second-order valence-corrected chi connectivity index (χ2v) is 6.56. The Hall–Kier alpha value is -1.42. The minimum atomic E-state index is -0.253. The van der Waals surface area contributed by atoms with Gasteiger partial charge in [0.05, 0.1) is 6.04 Å². The van der Waals surface area contributed by atoms with Crippen molar-refractivity contribution in [3.63, 3.8) is 0 Å². The second kappa shape index (κ2) is 6.56. The van der Waals surface area contributed by atoms with E-state index in [-0.39, 0.29) is 29.8 Å². The Morgan fingerprint density at radius 1 is 1.19 bits per heavy atom. The summed E-state index contributed by atoms with van der Waals surface area (Å²) in [7, 11) is 0. The van der Waals surface area contributed by atoms with Crippen molar-refractivity contribution >= 4 is 5.91 Å². The summed E-state index contributed by atoms with van der Waals surface area (Å²) in [6.07, 6.45) is 0.819. The van der Waals surface area contributed by atoms with E-state index in [0.29, 0.717) is 5.92 Å². The van der Waals surface area contributed by atoms with Crippen LogP contribution in [0.1, 0.15) is 45.8 Å². The van der Waals surface area contributed by atoms with Crippen LogP contribution in [0.4, 0.5) is 4.39 Å². The average Bonchev–Trinajstić information content (AvgIpc) is 2.74.